The minimum Gasteiger partial charge on any atom is -0.486 e. The molecule has 142 valence electrons. The Bertz CT molecular complexity index is 918. The van der Waals surface area contributed by atoms with Gasteiger partial charge in [-0.3, -0.25) is 4.79 Å². The van der Waals surface area contributed by atoms with Gasteiger partial charge in [0.2, 0.25) is 0 Å². The molecule has 2 aromatic rings. The third-order valence-corrected chi connectivity index (χ3v) is 6.93. The van der Waals surface area contributed by atoms with Gasteiger partial charge in [0.05, 0.1) is 22.1 Å². The molecule has 5 nitrogen and oxygen atoms in total. The van der Waals surface area contributed by atoms with Crippen LogP contribution < -0.4 is 10.3 Å². The van der Waals surface area contributed by atoms with Crippen molar-refractivity contribution in [1.82, 2.24) is 4.57 Å². The molecule has 1 aliphatic carbocycles. The molecule has 1 aromatic heterocycles. The molecule has 2 aliphatic rings. The molecule has 0 radical (unpaired) electrons. The number of aromatic nitrogens is 1. The van der Waals surface area contributed by atoms with Crippen molar-refractivity contribution >= 4 is 22.5 Å². The lowest BCUT2D eigenvalue weighted by Gasteiger charge is -2.52. The van der Waals surface area contributed by atoms with Crippen LogP contribution in [-0.2, 0) is 7.05 Å². The fourth-order valence-electron chi connectivity index (χ4n) is 4.72. The lowest BCUT2D eigenvalue weighted by atomic mass is 9.62. The minimum atomic E-state index is -0.996. The molecule has 3 N–H and O–H groups in total. The first-order valence-electron chi connectivity index (χ1n) is 8.82. The molecule has 0 amide bonds. The Hall–Kier alpha value is -1.56. The largest absolute Gasteiger partial charge is 0.486 e. The van der Waals surface area contributed by atoms with Crippen molar-refractivity contribution in [1.29, 1.82) is 0 Å². The average Bonchev–Trinajstić information content (AvgIpc) is 2.55. The predicted octanol–water partition coefficient (Wildman–Crippen LogP) is 2.74. The van der Waals surface area contributed by atoms with E-state index < -0.39 is 16.6 Å². The van der Waals surface area contributed by atoms with Crippen molar-refractivity contribution in [3.05, 3.63) is 40.2 Å². The van der Waals surface area contributed by atoms with Crippen LogP contribution in [0.5, 0.6) is 5.75 Å². The third-order valence-electron chi connectivity index (χ3n) is 6.19. The van der Waals surface area contributed by atoms with Gasteiger partial charge in [0.25, 0.3) is 5.56 Å². The monoisotopic (exact) mass is 379 g/mol. The SMILES string of the molecule is Cn1c(=O)c2c(c3ccccc31)OC(C)(C)[C@@H]1CC[C@](C)(O)[C@@H](Cl)[C@H]21.O. The van der Waals surface area contributed by atoms with Gasteiger partial charge in [-0.2, -0.15) is 0 Å². The molecular formula is C20H26ClNO4. The number of halogens is 1. The summed E-state index contributed by atoms with van der Waals surface area (Å²) in [7, 11) is 1.78. The smallest absolute Gasteiger partial charge is 0.258 e. The molecule has 1 aromatic carbocycles. The number of pyridine rings is 1. The topological polar surface area (TPSA) is 83.0 Å². The number of rotatable bonds is 0. The zero-order valence-electron chi connectivity index (χ0n) is 15.5. The van der Waals surface area contributed by atoms with E-state index in [1.165, 1.54) is 0 Å². The summed E-state index contributed by atoms with van der Waals surface area (Å²) in [4.78, 5) is 13.2. The maximum Gasteiger partial charge on any atom is 0.258 e. The summed E-state index contributed by atoms with van der Waals surface area (Å²) < 4.78 is 8.07. The summed E-state index contributed by atoms with van der Waals surface area (Å²) in [6.07, 6.45) is 1.39. The van der Waals surface area contributed by atoms with Gasteiger partial charge >= 0.3 is 0 Å². The number of alkyl halides is 1. The van der Waals surface area contributed by atoms with E-state index >= 15 is 0 Å². The molecule has 1 saturated carbocycles. The number of aryl methyl sites for hydroxylation is 1. The van der Waals surface area contributed by atoms with Crippen LogP contribution in [-0.4, -0.2) is 31.7 Å². The van der Waals surface area contributed by atoms with E-state index in [1.807, 2.05) is 24.3 Å². The standard InChI is InChI=1S/C20H24ClNO3.H2O/c1-19(2)12-9-10-20(3,24)17(21)14(12)15-16(25-19)11-7-5-6-8-13(11)22(4)18(15)23;/h5-8,12,14,17,24H,9-10H2,1-4H3;1H2/t12-,14+,17+,20+;/m1./s1. The van der Waals surface area contributed by atoms with E-state index in [1.54, 1.807) is 18.5 Å². The summed E-state index contributed by atoms with van der Waals surface area (Å²) in [5.74, 6) is 0.498. The third kappa shape index (κ3) is 2.48. The van der Waals surface area contributed by atoms with Crippen LogP contribution in [0.4, 0.5) is 0 Å². The van der Waals surface area contributed by atoms with E-state index in [4.69, 9.17) is 16.3 Å². The van der Waals surface area contributed by atoms with Gasteiger partial charge in [-0.15, -0.1) is 11.6 Å². The van der Waals surface area contributed by atoms with E-state index in [2.05, 4.69) is 13.8 Å². The molecule has 0 spiro atoms. The second kappa shape index (κ2) is 5.98. The maximum atomic E-state index is 13.2. The molecule has 0 saturated heterocycles. The van der Waals surface area contributed by atoms with E-state index in [0.717, 1.165) is 17.3 Å². The maximum absolute atomic E-state index is 13.2. The fraction of sp³-hybridized carbons (Fsp3) is 0.550. The van der Waals surface area contributed by atoms with Gasteiger partial charge in [0.1, 0.15) is 11.4 Å². The van der Waals surface area contributed by atoms with Gasteiger partial charge in [0, 0.05) is 24.3 Å². The number of hydrogen-bond donors (Lipinski definition) is 1. The molecule has 1 fully saturated rings. The Morgan fingerprint density at radius 3 is 2.62 bits per heavy atom. The van der Waals surface area contributed by atoms with E-state index in [0.29, 0.717) is 17.7 Å². The number of para-hydroxylation sites is 1. The Balaban J connectivity index is 0.00000196. The Morgan fingerprint density at radius 1 is 1.27 bits per heavy atom. The molecular weight excluding hydrogens is 354 g/mol. The molecule has 0 bridgehead atoms. The van der Waals surface area contributed by atoms with Crippen molar-refractivity contribution in [3.8, 4) is 5.75 Å². The zero-order valence-corrected chi connectivity index (χ0v) is 16.3. The lowest BCUT2D eigenvalue weighted by Crippen LogP contribution is -2.57. The van der Waals surface area contributed by atoms with Gasteiger partial charge in [-0.1, -0.05) is 12.1 Å². The molecule has 4 rings (SSSR count). The van der Waals surface area contributed by atoms with Crippen LogP contribution in [0.25, 0.3) is 10.9 Å². The van der Waals surface area contributed by atoms with Crippen LogP contribution in [0.1, 0.15) is 45.1 Å². The summed E-state index contributed by atoms with van der Waals surface area (Å²) in [6, 6.07) is 7.77. The van der Waals surface area contributed by atoms with Crippen molar-refractivity contribution in [2.75, 3.05) is 0 Å². The second-order valence-electron chi connectivity index (χ2n) is 8.26. The van der Waals surface area contributed by atoms with Crippen LogP contribution in [0, 0.1) is 5.92 Å². The first-order valence-corrected chi connectivity index (χ1v) is 9.26. The molecule has 2 heterocycles. The number of ether oxygens (including phenoxy) is 1. The number of hydrogen-bond acceptors (Lipinski definition) is 3. The summed E-state index contributed by atoms with van der Waals surface area (Å²) >= 11 is 6.76. The second-order valence-corrected chi connectivity index (χ2v) is 8.73. The van der Waals surface area contributed by atoms with Crippen LogP contribution >= 0.6 is 11.6 Å². The van der Waals surface area contributed by atoms with Gasteiger partial charge in [-0.05, 0) is 45.7 Å². The summed E-state index contributed by atoms with van der Waals surface area (Å²) in [6.45, 7) is 5.89. The van der Waals surface area contributed by atoms with Gasteiger partial charge in [-0.25, -0.2) is 0 Å². The van der Waals surface area contributed by atoms with Crippen molar-refractivity contribution in [2.45, 2.75) is 56.1 Å². The van der Waals surface area contributed by atoms with Crippen LogP contribution in [0.15, 0.2) is 29.1 Å². The van der Waals surface area contributed by atoms with Crippen LogP contribution in [0.3, 0.4) is 0 Å². The molecule has 0 unspecified atom stereocenters. The molecule has 26 heavy (non-hydrogen) atoms. The number of benzene rings is 1. The van der Waals surface area contributed by atoms with Crippen molar-refractivity contribution in [2.24, 2.45) is 13.0 Å². The number of aliphatic hydroxyl groups is 1. The van der Waals surface area contributed by atoms with E-state index in [9.17, 15) is 9.90 Å². The Labute approximate surface area is 157 Å². The zero-order chi connectivity index (χ0) is 18.1. The first-order chi connectivity index (χ1) is 11.6. The fourth-order valence-corrected chi connectivity index (χ4v) is 5.13. The Kier molecular flexibility index (Phi) is 4.42. The summed E-state index contributed by atoms with van der Waals surface area (Å²) in [5, 5.41) is 11.2. The highest BCUT2D eigenvalue weighted by atomic mass is 35.5. The van der Waals surface area contributed by atoms with Crippen LogP contribution in [0.2, 0.25) is 0 Å². The van der Waals surface area contributed by atoms with Gasteiger partial charge < -0.3 is 19.9 Å². The first kappa shape index (κ1) is 19.2. The molecule has 6 heteroatoms. The van der Waals surface area contributed by atoms with Crippen molar-refractivity contribution < 1.29 is 15.3 Å². The molecule has 1 aliphatic heterocycles. The highest BCUT2D eigenvalue weighted by Crippen LogP contribution is 2.55. The van der Waals surface area contributed by atoms with Gasteiger partial charge in [0.15, 0.2) is 0 Å². The van der Waals surface area contributed by atoms with Crippen molar-refractivity contribution in [3.63, 3.8) is 0 Å². The van der Waals surface area contributed by atoms with E-state index in [-0.39, 0.29) is 22.9 Å². The minimum absolute atomic E-state index is 0. The Morgan fingerprint density at radius 2 is 1.92 bits per heavy atom. The highest BCUT2D eigenvalue weighted by Gasteiger charge is 2.55. The quantitative estimate of drug-likeness (QED) is 0.714. The highest BCUT2D eigenvalue weighted by molar-refractivity contribution is 6.22. The average molecular weight is 380 g/mol. The predicted molar refractivity (Wildman–Crippen MR) is 103 cm³/mol. The summed E-state index contributed by atoms with van der Waals surface area (Å²) in [5.41, 5.74) is -0.0669. The lowest BCUT2D eigenvalue weighted by molar-refractivity contribution is -0.0619. The normalized spacial score (nSPS) is 32.2. The number of fused-ring (bicyclic) bond motifs is 5. The molecule has 4 atom stereocenters. The number of nitrogens with zero attached hydrogens (tertiary/aromatic N) is 1.